The third-order valence-electron chi connectivity index (χ3n) is 2.83. The van der Waals surface area contributed by atoms with Gasteiger partial charge in [0.25, 0.3) is 0 Å². The van der Waals surface area contributed by atoms with E-state index in [1.165, 1.54) is 30.0 Å². The van der Waals surface area contributed by atoms with Crippen LogP contribution in [-0.4, -0.2) is 14.7 Å². The lowest BCUT2D eigenvalue weighted by Gasteiger charge is -2.05. The number of thioether (sulfide) groups is 1. The highest BCUT2D eigenvalue weighted by molar-refractivity contribution is 7.98. The summed E-state index contributed by atoms with van der Waals surface area (Å²) in [5.74, 6) is 0.00441. The summed E-state index contributed by atoms with van der Waals surface area (Å²) in [4.78, 5) is 1.11. The largest absolute Gasteiger partial charge is 0.224 e. The van der Waals surface area contributed by atoms with Crippen LogP contribution in [-0.2, 0) is 15.6 Å². The molecule has 0 bridgehead atoms. The van der Waals surface area contributed by atoms with Crippen molar-refractivity contribution in [3.63, 3.8) is 0 Å². The zero-order valence-electron chi connectivity index (χ0n) is 11.2. The molecule has 2 aromatic carbocycles. The summed E-state index contributed by atoms with van der Waals surface area (Å²) in [7, 11) is -3.20. The van der Waals surface area contributed by atoms with E-state index in [1.807, 2.05) is 6.07 Å². The van der Waals surface area contributed by atoms with Crippen LogP contribution < -0.4 is 0 Å². The predicted octanol–water partition coefficient (Wildman–Crippen LogP) is 3.39. The molecule has 0 aliphatic carbocycles. The summed E-state index contributed by atoms with van der Waals surface area (Å²) in [5.41, 5.74) is 0.796. The lowest BCUT2D eigenvalue weighted by atomic mass is 10.1. The fourth-order valence-electron chi connectivity index (χ4n) is 1.68. The molecule has 3 nitrogen and oxygen atoms in total. The Kier molecular flexibility index (Phi) is 4.66. The van der Waals surface area contributed by atoms with Crippen LogP contribution in [0, 0.1) is 17.1 Å². The third kappa shape index (κ3) is 4.06. The monoisotopic (exact) mass is 321 g/mol. The van der Waals surface area contributed by atoms with E-state index < -0.39 is 15.7 Å². The van der Waals surface area contributed by atoms with E-state index in [1.54, 1.807) is 24.3 Å². The molecule has 21 heavy (non-hydrogen) atoms. The van der Waals surface area contributed by atoms with Gasteiger partial charge in [-0.3, -0.25) is 0 Å². The molecule has 0 saturated heterocycles. The standard InChI is InChI=1S/C15H12FNO2S2/c1-21(18,19)14-6-4-13(5-7-14)20-10-12-3-2-11(9-17)8-15(12)16/h2-8H,10H2,1H3. The smallest absolute Gasteiger partial charge is 0.175 e. The van der Waals surface area contributed by atoms with E-state index in [4.69, 9.17) is 5.26 Å². The Balaban J connectivity index is 2.09. The summed E-state index contributed by atoms with van der Waals surface area (Å²) in [6.07, 6.45) is 1.15. The Morgan fingerprint density at radius 2 is 1.86 bits per heavy atom. The van der Waals surface area contributed by atoms with Gasteiger partial charge in [0.05, 0.1) is 16.5 Å². The highest BCUT2D eigenvalue weighted by Crippen LogP contribution is 2.25. The maximum Gasteiger partial charge on any atom is 0.175 e. The van der Waals surface area contributed by atoms with E-state index in [9.17, 15) is 12.8 Å². The summed E-state index contributed by atoms with van der Waals surface area (Å²) >= 11 is 1.40. The van der Waals surface area contributed by atoms with Crippen LogP contribution in [0.3, 0.4) is 0 Å². The minimum absolute atomic E-state index is 0.261. The van der Waals surface area contributed by atoms with Crippen molar-refractivity contribution in [2.75, 3.05) is 6.26 Å². The highest BCUT2D eigenvalue weighted by Gasteiger charge is 2.08. The first-order valence-electron chi connectivity index (χ1n) is 6.01. The molecule has 0 unspecified atom stereocenters. The van der Waals surface area contributed by atoms with E-state index in [2.05, 4.69) is 0 Å². The van der Waals surface area contributed by atoms with Gasteiger partial charge >= 0.3 is 0 Å². The van der Waals surface area contributed by atoms with Crippen molar-refractivity contribution in [1.29, 1.82) is 5.26 Å². The molecule has 0 aliphatic rings. The number of hydrogen-bond acceptors (Lipinski definition) is 4. The van der Waals surface area contributed by atoms with Gasteiger partial charge in [-0.1, -0.05) is 6.07 Å². The van der Waals surface area contributed by atoms with Crippen LogP contribution in [0.25, 0.3) is 0 Å². The van der Waals surface area contributed by atoms with Gasteiger partial charge in [-0.15, -0.1) is 11.8 Å². The Morgan fingerprint density at radius 3 is 2.38 bits per heavy atom. The number of sulfone groups is 1. The SMILES string of the molecule is CS(=O)(=O)c1ccc(SCc2ccc(C#N)cc2F)cc1. The van der Waals surface area contributed by atoms with E-state index in [-0.39, 0.29) is 4.90 Å². The normalized spacial score (nSPS) is 11.1. The number of rotatable bonds is 4. The Morgan fingerprint density at radius 1 is 1.19 bits per heavy atom. The van der Waals surface area contributed by atoms with Gasteiger partial charge in [-0.05, 0) is 42.0 Å². The number of hydrogen-bond donors (Lipinski definition) is 0. The van der Waals surface area contributed by atoms with E-state index in [0.717, 1.165) is 11.2 Å². The molecule has 0 fully saturated rings. The summed E-state index contributed by atoms with van der Waals surface area (Å²) in [5, 5.41) is 8.68. The van der Waals surface area contributed by atoms with E-state index in [0.29, 0.717) is 16.9 Å². The van der Waals surface area contributed by atoms with Crippen LogP contribution in [0.15, 0.2) is 52.3 Å². The average Bonchev–Trinajstić information content (AvgIpc) is 2.45. The van der Waals surface area contributed by atoms with Gasteiger partial charge in [0.1, 0.15) is 5.82 Å². The molecule has 0 aromatic heterocycles. The maximum atomic E-state index is 13.7. The van der Waals surface area contributed by atoms with Gasteiger partial charge in [-0.2, -0.15) is 5.26 Å². The quantitative estimate of drug-likeness (QED) is 0.810. The number of nitriles is 1. The first kappa shape index (κ1) is 15.5. The van der Waals surface area contributed by atoms with Crippen LogP contribution in [0.5, 0.6) is 0 Å². The van der Waals surface area contributed by atoms with Crippen molar-refractivity contribution in [1.82, 2.24) is 0 Å². The second-order valence-electron chi connectivity index (χ2n) is 4.45. The van der Waals surface area contributed by atoms with Gasteiger partial charge in [0.15, 0.2) is 9.84 Å². The van der Waals surface area contributed by atoms with Crippen molar-refractivity contribution in [2.24, 2.45) is 0 Å². The van der Waals surface area contributed by atoms with Crippen molar-refractivity contribution in [2.45, 2.75) is 15.5 Å². The van der Waals surface area contributed by atoms with Crippen molar-refractivity contribution in [3.05, 3.63) is 59.4 Å². The zero-order valence-corrected chi connectivity index (χ0v) is 12.8. The topological polar surface area (TPSA) is 57.9 Å². The lowest BCUT2D eigenvalue weighted by Crippen LogP contribution is -1.96. The van der Waals surface area contributed by atoms with Gasteiger partial charge in [0, 0.05) is 16.9 Å². The number of halogens is 1. The molecule has 0 radical (unpaired) electrons. The first-order valence-corrected chi connectivity index (χ1v) is 8.89. The van der Waals surface area contributed by atoms with Crippen molar-refractivity contribution < 1.29 is 12.8 Å². The highest BCUT2D eigenvalue weighted by atomic mass is 32.2. The first-order chi connectivity index (χ1) is 9.90. The van der Waals surface area contributed by atoms with Crippen LogP contribution in [0.4, 0.5) is 4.39 Å². The minimum Gasteiger partial charge on any atom is -0.224 e. The van der Waals surface area contributed by atoms with Gasteiger partial charge in [-0.25, -0.2) is 12.8 Å². The van der Waals surface area contributed by atoms with Crippen molar-refractivity contribution >= 4 is 21.6 Å². The van der Waals surface area contributed by atoms with Gasteiger partial charge in [0.2, 0.25) is 0 Å². The molecule has 6 heteroatoms. The number of benzene rings is 2. The molecule has 0 saturated carbocycles. The summed E-state index contributed by atoms with van der Waals surface area (Å²) < 4.78 is 36.4. The molecule has 0 N–H and O–H groups in total. The number of nitrogens with zero attached hydrogens (tertiary/aromatic N) is 1. The van der Waals surface area contributed by atoms with Crippen LogP contribution in [0.1, 0.15) is 11.1 Å². The molecular weight excluding hydrogens is 309 g/mol. The minimum atomic E-state index is -3.20. The molecule has 0 heterocycles. The molecule has 0 spiro atoms. The Labute approximate surface area is 127 Å². The molecule has 0 atom stereocenters. The molecule has 0 amide bonds. The van der Waals surface area contributed by atoms with Crippen molar-refractivity contribution in [3.8, 4) is 6.07 Å². The van der Waals surface area contributed by atoms with E-state index >= 15 is 0 Å². The Bertz CT molecular complexity index is 793. The Hall–Kier alpha value is -1.84. The molecular formula is C15H12FNO2S2. The van der Waals surface area contributed by atoms with Crippen LogP contribution >= 0.6 is 11.8 Å². The van der Waals surface area contributed by atoms with Crippen LogP contribution in [0.2, 0.25) is 0 Å². The zero-order chi connectivity index (χ0) is 15.5. The van der Waals surface area contributed by atoms with Gasteiger partial charge < -0.3 is 0 Å². The molecule has 2 aromatic rings. The second kappa shape index (κ2) is 6.29. The maximum absolute atomic E-state index is 13.7. The molecule has 108 valence electrons. The fourth-order valence-corrected chi connectivity index (χ4v) is 3.19. The fraction of sp³-hybridized carbons (Fsp3) is 0.133. The predicted molar refractivity (Wildman–Crippen MR) is 80.2 cm³/mol. The summed E-state index contributed by atoms with van der Waals surface area (Å²) in [6, 6.07) is 12.7. The molecule has 2 rings (SSSR count). The molecule has 0 aliphatic heterocycles. The summed E-state index contributed by atoms with van der Waals surface area (Å²) in [6.45, 7) is 0. The third-order valence-corrected chi connectivity index (χ3v) is 5.02. The lowest BCUT2D eigenvalue weighted by molar-refractivity contribution is 0.602. The average molecular weight is 321 g/mol. The second-order valence-corrected chi connectivity index (χ2v) is 7.51.